The van der Waals surface area contributed by atoms with E-state index >= 15 is 0 Å². The van der Waals surface area contributed by atoms with Crippen LogP contribution in [-0.2, 0) is 9.53 Å². The summed E-state index contributed by atoms with van der Waals surface area (Å²) >= 11 is 0. The fraction of sp³-hybridized carbons (Fsp3) is 0.652. The van der Waals surface area contributed by atoms with Gasteiger partial charge in [-0.2, -0.15) is 0 Å². The first-order valence-electron chi connectivity index (χ1n) is 11.4. The molecule has 0 spiro atoms. The molecule has 31 heavy (non-hydrogen) atoms. The van der Waals surface area contributed by atoms with Gasteiger partial charge in [0.15, 0.2) is 0 Å². The molecule has 0 aromatic heterocycles. The molecule has 1 aromatic carbocycles. The van der Waals surface area contributed by atoms with Crippen LogP contribution in [0.5, 0.6) is 5.75 Å². The first-order valence-corrected chi connectivity index (χ1v) is 11.4. The van der Waals surface area contributed by atoms with Crippen LogP contribution in [0.1, 0.15) is 45.4 Å². The van der Waals surface area contributed by atoms with Crippen LogP contribution in [0, 0.1) is 5.82 Å². The van der Waals surface area contributed by atoms with Gasteiger partial charge in [-0.15, -0.1) is 0 Å². The van der Waals surface area contributed by atoms with Gasteiger partial charge in [-0.05, 0) is 51.2 Å². The second-order valence-corrected chi connectivity index (χ2v) is 8.33. The molecular formula is C23H34FN3O4. The van der Waals surface area contributed by atoms with E-state index in [9.17, 15) is 14.0 Å². The predicted octanol–water partition coefficient (Wildman–Crippen LogP) is 3.23. The number of carbonyl (C=O) groups is 2. The summed E-state index contributed by atoms with van der Waals surface area (Å²) in [7, 11) is 0. The lowest BCUT2D eigenvalue weighted by Gasteiger charge is -2.36. The normalized spacial score (nSPS) is 22.2. The third-order valence-corrected chi connectivity index (χ3v) is 6.28. The van der Waals surface area contributed by atoms with Crippen LogP contribution < -0.4 is 0 Å². The number of aromatic hydroxyl groups is 1. The highest BCUT2D eigenvalue weighted by Gasteiger charge is 2.38. The molecule has 2 heterocycles. The molecule has 4 rings (SSSR count). The number of carbonyl (C=O) groups excluding carboxylic acids is 2. The van der Waals surface area contributed by atoms with Crippen molar-refractivity contribution in [3.63, 3.8) is 0 Å². The van der Waals surface area contributed by atoms with Crippen molar-refractivity contribution in [2.75, 3.05) is 39.3 Å². The van der Waals surface area contributed by atoms with E-state index in [4.69, 9.17) is 9.84 Å². The molecule has 0 unspecified atom stereocenters. The summed E-state index contributed by atoms with van der Waals surface area (Å²) in [5.41, 5.74) is 0. The van der Waals surface area contributed by atoms with Gasteiger partial charge >= 0.3 is 6.09 Å². The number of rotatable bonds is 3. The SMILES string of the molecule is CCOC(=O)N1CCC[C@@H]1C(=O)N1CCCN(C2CCC2)CC1.Oc1cccc(F)c1. The average Bonchev–Trinajstić information content (AvgIpc) is 3.07. The fourth-order valence-electron chi connectivity index (χ4n) is 4.41. The highest BCUT2D eigenvalue weighted by atomic mass is 19.1. The van der Waals surface area contributed by atoms with E-state index in [0.717, 1.165) is 57.5 Å². The van der Waals surface area contributed by atoms with Gasteiger partial charge in [-0.3, -0.25) is 14.6 Å². The standard InChI is InChI=1S/C17H29N3O3.C6H5FO/c1-2-23-17(22)20-11-4-8-15(20)16(21)19-10-5-9-18(12-13-19)14-6-3-7-14;7-5-2-1-3-6(8)4-5/h14-15H,2-13H2,1H3;1-4,8H/t15-;/m1./s1. The van der Waals surface area contributed by atoms with Crippen LogP contribution in [-0.4, -0.2) is 83.2 Å². The molecule has 2 aliphatic heterocycles. The molecule has 1 aromatic rings. The van der Waals surface area contributed by atoms with Crippen molar-refractivity contribution >= 4 is 12.0 Å². The van der Waals surface area contributed by atoms with E-state index < -0.39 is 5.82 Å². The van der Waals surface area contributed by atoms with Crippen LogP contribution in [0.25, 0.3) is 0 Å². The zero-order chi connectivity index (χ0) is 22.2. The molecule has 172 valence electrons. The maximum absolute atomic E-state index is 12.9. The van der Waals surface area contributed by atoms with Gasteiger partial charge in [0, 0.05) is 44.8 Å². The number of likely N-dealkylation sites (tertiary alicyclic amines) is 1. The van der Waals surface area contributed by atoms with Crippen LogP contribution in [0.15, 0.2) is 24.3 Å². The fourth-order valence-corrected chi connectivity index (χ4v) is 4.41. The van der Waals surface area contributed by atoms with Gasteiger partial charge < -0.3 is 14.7 Å². The molecule has 3 aliphatic rings. The molecule has 1 saturated carbocycles. The largest absolute Gasteiger partial charge is 0.508 e. The minimum absolute atomic E-state index is 0.0370. The Morgan fingerprint density at radius 3 is 2.48 bits per heavy atom. The number of hydrogen-bond acceptors (Lipinski definition) is 5. The Balaban J connectivity index is 0.000000287. The van der Waals surface area contributed by atoms with Crippen molar-refractivity contribution in [2.24, 2.45) is 0 Å². The Kier molecular flexibility index (Phi) is 8.51. The van der Waals surface area contributed by atoms with E-state index in [1.165, 1.54) is 37.5 Å². The number of phenolic OH excluding ortho intramolecular Hbond substituents is 1. The molecule has 1 N–H and O–H groups in total. The van der Waals surface area contributed by atoms with Crippen molar-refractivity contribution in [2.45, 2.75) is 57.5 Å². The third kappa shape index (κ3) is 6.32. The highest BCUT2D eigenvalue weighted by Crippen LogP contribution is 2.26. The Hall–Kier alpha value is -2.35. The Morgan fingerprint density at radius 2 is 1.87 bits per heavy atom. The summed E-state index contributed by atoms with van der Waals surface area (Å²) in [6, 6.07) is 5.63. The van der Waals surface area contributed by atoms with Gasteiger partial charge in [-0.1, -0.05) is 12.5 Å². The lowest BCUT2D eigenvalue weighted by atomic mass is 9.91. The number of hydrogen-bond donors (Lipinski definition) is 1. The molecular weight excluding hydrogens is 401 g/mol. The van der Waals surface area contributed by atoms with Crippen molar-refractivity contribution in [3.8, 4) is 5.75 Å². The monoisotopic (exact) mass is 435 g/mol. The summed E-state index contributed by atoms with van der Waals surface area (Å²) in [6.45, 7) is 6.48. The predicted molar refractivity (Wildman–Crippen MR) is 115 cm³/mol. The minimum Gasteiger partial charge on any atom is -0.508 e. The number of halogens is 1. The summed E-state index contributed by atoms with van der Waals surface area (Å²) in [6.07, 6.45) is 6.32. The zero-order valence-electron chi connectivity index (χ0n) is 18.3. The number of phenols is 1. The molecule has 2 amide bonds. The quantitative estimate of drug-likeness (QED) is 0.789. The Labute approximate surface area is 183 Å². The van der Waals surface area contributed by atoms with E-state index in [2.05, 4.69) is 4.90 Å². The lowest BCUT2D eigenvalue weighted by Crippen LogP contribution is -2.49. The zero-order valence-corrected chi connectivity index (χ0v) is 18.3. The summed E-state index contributed by atoms with van der Waals surface area (Å²) in [4.78, 5) is 31.1. The van der Waals surface area contributed by atoms with Gasteiger partial charge in [0.2, 0.25) is 5.91 Å². The van der Waals surface area contributed by atoms with Crippen molar-refractivity contribution in [1.29, 1.82) is 0 Å². The van der Waals surface area contributed by atoms with E-state index in [-0.39, 0.29) is 23.8 Å². The summed E-state index contributed by atoms with van der Waals surface area (Å²) in [5.74, 6) is -0.332. The molecule has 7 nitrogen and oxygen atoms in total. The second kappa shape index (κ2) is 11.3. The van der Waals surface area contributed by atoms with Gasteiger partial charge in [0.05, 0.1) is 6.61 Å². The topological polar surface area (TPSA) is 73.3 Å². The molecule has 8 heteroatoms. The second-order valence-electron chi connectivity index (χ2n) is 8.33. The number of amides is 2. The maximum Gasteiger partial charge on any atom is 0.410 e. The average molecular weight is 436 g/mol. The Bertz CT molecular complexity index is 726. The number of ether oxygens (including phenoxy) is 1. The first-order chi connectivity index (χ1) is 15.0. The van der Waals surface area contributed by atoms with Gasteiger partial charge in [0.1, 0.15) is 17.6 Å². The third-order valence-electron chi connectivity index (χ3n) is 6.28. The first kappa shape index (κ1) is 23.3. The van der Waals surface area contributed by atoms with Crippen molar-refractivity contribution in [1.82, 2.24) is 14.7 Å². The summed E-state index contributed by atoms with van der Waals surface area (Å²) < 4.78 is 17.1. The molecule has 1 aliphatic carbocycles. The van der Waals surface area contributed by atoms with Crippen molar-refractivity contribution < 1.29 is 23.8 Å². The lowest BCUT2D eigenvalue weighted by molar-refractivity contribution is -0.135. The van der Waals surface area contributed by atoms with Crippen LogP contribution in [0.4, 0.5) is 9.18 Å². The molecule has 2 saturated heterocycles. The highest BCUT2D eigenvalue weighted by molar-refractivity contribution is 5.86. The minimum atomic E-state index is -0.412. The smallest absolute Gasteiger partial charge is 0.410 e. The van der Waals surface area contributed by atoms with Gasteiger partial charge in [-0.25, -0.2) is 9.18 Å². The number of nitrogens with zero attached hydrogens (tertiary/aromatic N) is 3. The van der Waals surface area contributed by atoms with Crippen molar-refractivity contribution in [3.05, 3.63) is 30.1 Å². The van der Waals surface area contributed by atoms with Gasteiger partial charge in [0.25, 0.3) is 0 Å². The van der Waals surface area contributed by atoms with Crippen LogP contribution in [0.2, 0.25) is 0 Å². The van der Waals surface area contributed by atoms with E-state index in [0.29, 0.717) is 13.2 Å². The van der Waals surface area contributed by atoms with Crippen LogP contribution >= 0.6 is 0 Å². The Morgan fingerprint density at radius 1 is 1.06 bits per heavy atom. The van der Waals surface area contributed by atoms with Crippen LogP contribution in [0.3, 0.4) is 0 Å². The van der Waals surface area contributed by atoms with E-state index in [1.807, 2.05) is 4.90 Å². The number of benzene rings is 1. The molecule has 0 radical (unpaired) electrons. The summed E-state index contributed by atoms with van der Waals surface area (Å²) in [5, 5.41) is 8.57. The maximum atomic E-state index is 12.9. The van der Waals surface area contributed by atoms with E-state index in [1.54, 1.807) is 11.8 Å². The molecule has 1 atom stereocenters. The molecule has 3 fully saturated rings. The molecule has 0 bridgehead atoms.